The normalized spacial score (nSPS) is 18.3. The monoisotopic (exact) mass is 262 g/mol. The molecule has 4 heteroatoms. The van der Waals surface area contributed by atoms with E-state index in [1.165, 1.54) is 5.56 Å². The highest BCUT2D eigenvalue weighted by molar-refractivity contribution is 5.76. The fourth-order valence-corrected chi connectivity index (χ4v) is 2.20. The Kier molecular flexibility index (Phi) is 5.21. The van der Waals surface area contributed by atoms with Crippen LogP contribution in [-0.2, 0) is 9.53 Å². The molecule has 1 aliphatic heterocycles. The van der Waals surface area contributed by atoms with E-state index in [-0.39, 0.29) is 12.0 Å². The Bertz CT molecular complexity index is 414. The summed E-state index contributed by atoms with van der Waals surface area (Å²) in [5, 5.41) is 6.20. The van der Waals surface area contributed by atoms with E-state index < -0.39 is 0 Å². The molecule has 2 N–H and O–H groups in total. The van der Waals surface area contributed by atoms with Crippen LogP contribution in [0.25, 0.3) is 0 Å². The third-order valence-corrected chi connectivity index (χ3v) is 3.36. The molecule has 1 heterocycles. The molecule has 104 valence electrons. The smallest absolute Gasteiger partial charge is 0.221 e. The van der Waals surface area contributed by atoms with Crippen LogP contribution in [0.5, 0.6) is 0 Å². The Hall–Kier alpha value is -1.55. The van der Waals surface area contributed by atoms with Crippen molar-refractivity contribution in [3.8, 4) is 0 Å². The van der Waals surface area contributed by atoms with Crippen LogP contribution in [-0.4, -0.2) is 31.7 Å². The van der Waals surface area contributed by atoms with Crippen LogP contribution in [0.1, 0.15) is 24.8 Å². The molecular formula is C15H22N2O2. The maximum atomic E-state index is 11.7. The molecule has 1 saturated heterocycles. The molecule has 1 fully saturated rings. The minimum atomic E-state index is 0.0802. The van der Waals surface area contributed by atoms with Crippen molar-refractivity contribution in [1.82, 2.24) is 5.32 Å². The molecule has 0 radical (unpaired) electrons. The largest absolute Gasteiger partial charge is 0.384 e. The van der Waals surface area contributed by atoms with Gasteiger partial charge in [0.25, 0.3) is 0 Å². The van der Waals surface area contributed by atoms with Gasteiger partial charge >= 0.3 is 0 Å². The molecule has 0 aromatic heterocycles. The molecule has 0 aliphatic carbocycles. The second-order valence-electron chi connectivity index (χ2n) is 4.93. The Balaban J connectivity index is 1.62. The number of ether oxygens (including phenoxy) is 1. The zero-order valence-corrected chi connectivity index (χ0v) is 11.4. The number of anilines is 1. The molecule has 1 atom stereocenters. The van der Waals surface area contributed by atoms with Crippen LogP contribution < -0.4 is 10.6 Å². The van der Waals surface area contributed by atoms with E-state index in [9.17, 15) is 4.79 Å². The molecule has 1 aromatic rings. The fourth-order valence-electron chi connectivity index (χ4n) is 2.20. The number of nitrogens with one attached hydrogen (secondary N) is 2. The Labute approximate surface area is 114 Å². The lowest BCUT2D eigenvalue weighted by molar-refractivity contribution is -0.121. The molecule has 1 aliphatic rings. The fraction of sp³-hybridized carbons (Fsp3) is 0.533. The summed E-state index contributed by atoms with van der Waals surface area (Å²) in [6.07, 6.45) is 2.87. The third kappa shape index (κ3) is 4.56. The molecule has 0 spiro atoms. The molecule has 4 nitrogen and oxygen atoms in total. The van der Waals surface area contributed by atoms with Crippen LogP contribution in [0.15, 0.2) is 24.3 Å². The lowest BCUT2D eigenvalue weighted by Crippen LogP contribution is -2.32. The van der Waals surface area contributed by atoms with Gasteiger partial charge in [-0.25, -0.2) is 0 Å². The standard InChI is InChI=1S/C15H22N2O2/c1-12-5-2-3-7-14(12)16-9-8-15(18)17-11-13-6-4-10-19-13/h2-3,5,7,13,16H,4,6,8-11H2,1H3,(H,17,18). The second-order valence-corrected chi connectivity index (χ2v) is 4.93. The van der Waals surface area contributed by atoms with Crippen LogP contribution in [0, 0.1) is 6.92 Å². The van der Waals surface area contributed by atoms with E-state index in [2.05, 4.69) is 23.6 Å². The average Bonchev–Trinajstić information content (AvgIpc) is 2.92. The van der Waals surface area contributed by atoms with Gasteiger partial charge in [-0.2, -0.15) is 0 Å². The van der Waals surface area contributed by atoms with Crippen LogP contribution >= 0.6 is 0 Å². The molecule has 2 rings (SSSR count). The molecule has 1 aromatic carbocycles. The first-order valence-corrected chi connectivity index (χ1v) is 6.93. The van der Waals surface area contributed by atoms with Crippen molar-refractivity contribution >= 4 is 11.6 Å². The van der Waals surface area contributed by atoms with Crippen molar-refractivity contribution in [1.29, 1.82) is 0 Å². The highest BCUT2D eigenvalue weighted by Gasteiger charge is 2.15. The second kappa shape index (κ2) is 7.14. The van der Waals surface area contributed by atoms with Crippen molar-refractivity contribution in [3.63, 3.8) is 0 Å². The van der Waals surface area contributed by atoms with Crippen molar-refractivity contribution < 1.29 is 9.53 Å². The third-order valence-electron chi connectivity index (χ3n) is 3.36. The van der Waals surface area contributed by atoms with Crippen molar-refractivity contribution in [2.45, 2.75) is 32.3 Å². The van der Waals surface area contributed by atoms with Gasteiger partial charge < -0.3 is 15.4 Å². The van der Waals surface area contributed by atoms with E-state index in [0.29, 0.717) is 19.5 Å². The first-order valence-electron chi connectivity index (χ1n) is 6.93. The van der Waals surface area contributed by atoms with Crippen LogP contribution in [0.4, 0.5) is 5.69 Å². The number of carbonyl (C=O) groups is 1. The van der Waals surface area contributed by atoms with Gasteiger partial charge in [0.15, 0.2) is 0 Å². The summed E-state index contributed by atoms with van der Waals surface area (Å²) in [7, 11) is 0. The SMILES string of the molecule is Cc1ccccc1NCCC(=O)NCC1CCCO1. The quantitative estimate of drug-likeness (QED) is 0.825. The van der Waals surface area contributed by atoms with E-state index in [1.54, 1.807) is 0 Å². The van der Waals surface area contributed by atoms with Crippen LogP contribution in [0.3, 0.4) is 0 Å². The summed E-state index contributed by atoms with van der Waals surface area (Å²) in [6.45, 7) is 4.18. The summed E-state index contributed by atoms with van der Waals surface area (Å²) >= 11 is 0. The van der Waals surface area contributed by atoms with Gasteiger partial charge in [-0.15, -0.1) is 0 Å². The van der Waals surface area contributed by atoms with Gasteiger partial charge in [-0.3, -0.25) is 4.79 Å². The zero-order chi connectivity index (χ0) is 13.5. The summed E-state index contributed by atoms with van der Waals surface area (Å²) in [4.78, 5) is 11.7. The molecule has 1 amide bonds. The summed E-state index contributed by atoms with van der Waals surface area (Å²) in [5.74, 6) is 0.0802. The highest BCUT2D eigenvalue weighted by Crippen LogP contribution is 2.13. The van der Waals surface area contributed by atoms with Crippen LogP contribution in [0.2, 0.25) is 0 Å². The molecular weight excluding hydrogens is 240 g/mol. The topological polar surface area (TPSA) is 50.4 Å². The summed E-state index contributed by atoms with van der Waals surface area (Å²) < 4.78 is 5.46. The predicted molar refractivity (Wildman–Crippen MR) is 76.3 cm³/mol. The van der Waals surface area contributed by atoms with E-state index in [4.69, 9.17) is 4.74 Å². The maximum Gasteiger partial charge on any atom is 0.221 e. The molecule has 19 heavy (non-hydrogen) atoms. The minimum Gasteiger partial charge on any atom is -0.384 e. The molecule has 0 saturated carbocycles. The van der Waals surface area contributed by atoms with Gasteiger partial charge in [0, 0.05) is 31.8 Å². The summed E-state index contributed by atoms with van der Waals surface area (Å²) in [6, 6.07) is 8.08. The van der Waals surface area contributed by atoms with Gasteiger partial charge in [0.2, 0.25) is 5.91 Å². The number of para-hydroxylation sites is 1. The Morgan fingerprint density at radius 2 is 2.26 bits per heavy atom. The lowest BCUT2D eigenvalue weighted by Gasteiger charge is -2.12. The van der Waals surface area contributed by atoms with E-state index in [0.717, 1.165) is 25.1 Å². The zero-order valence-electron chi connectivity index (χ0n) is 11.4. The average molecular weight is 262 g/mol. The minimum absolute atomic E-state index is 0.0802. The highest BCUT2D eigenvalue weighted by atomic mass is 16.5. The molecule has 1 unspecified atom stereocenters. The Morgan fingerprint density at radius 3 is 3.00 bits per heavy atom. The summed E-state index contributed by atoms with van der Waals surface area (Å²) in [5.41, 5.74) is 2.29. The van der Waals surface area contributed by atoms with Gasteiger partial charge in [-0.05, 0) is 31.4 Å². The van der Waals surface area contributed by atoms with E-state index >= 15 is 0 Å². The number of carbonyl (C=O) groups excluding carboxylic acids is 1. The first-order chi connectivity index (χ1) is 9.25. The number of aryl methyl sites for hydroxylation is 1. The maximum absolute atomic E-state index is 11.7. The lowest BCUT2D eigenvalue weighted by atomic mass is 10.2. The first kappa shape index (κ1) is 13.9. The van der Waals surface area contributed by atoms with Crippen molar-refractivity contribution in [3.05, 3.63) is 29.8 Å². The Morgan fingerprint density at radius 1 is 1.42 bits per heavy atom. The van der Waals surface area contributed by atoms with Crippen molar-refractivity contribution in [2.24, 2.45) is 0 Å². The molecule has 0 bridgehead atoms. The predicted octanol–water partition coefficient (Wildman–Crippen LogP) is 2.09. The number of hydrogen-bond acceptors (Lipinski definition) is 3. The van der Waals surface area contributed by atoms with E-state index in [1.807, 2.05) is 18.2 Å². The van der Waals surface area contributed by atoms with Gasteiger partial charge in [-0.1, -0.05) is 18.2 Å². The number of hydrogen-bond donors (Lipinski definition) is 2. The number of amides is 1. The van der Waals surface area contributed by atoms with Gasteiger partial charge in [0.1, 0.15) is 0 Å². The number of rotatable bonds is 6. The number of benzene rings is 1. The van der Waals surface area contributed by atoms with Gasteiger partial charge in [0.05, 0.1) is 6.10 Å². The van der Waals surface area contributed by atoms with Crippen molar-refractivity contribution in [2.75, 3.05) is 25.0 Å².